The smallest absolute Gasteiger partial charge is 0.304 e. The van der Waals surface area contributed by atoms with Crippen molar-refractivity contribution in [3.8, 4) is 0 Å². The molecule has 1 rings (SSSR count). The number of carboxylic acids is 1. The summed E-state index contributed by atoms with van der Waals surface area (Å²) in [5.74, 6) is -0.970. The van der Waals surface area contributed by atoms with Crippen molar-refractivity contribution in [3.63, 3.8) is 0 Å². The second-order valence-electron chi connectivity index (χ2n) is 3.59. The molecule has 2 unspecified atom stereocenters. The lowest BCUT2D eigenvalue weighted by Crippen LogP contribution is -2.30. The molecule has 2 N–H and O–H groups in total. The molecule has 0 saturated heterocycles. The second-order valence-corrected chi connectivity index (χ2v) is 5.46. The first-order chi connectivity index (χ1) is 6.44. The van der Waals surface area contributed by atoms with Crippen LogP contribution in [0.1, 0.15) is 26.2 Å². The van der Waals surface area contributed by atoms with Crippen LogP contribution in [-0.4, -0.2) is 31.3 Å². The van der Waals surface area contributed by atoms with Crippen LogP contribution in [0.4, 0.5) is 0 Å². The number of carbonyl (C=O) groups is 1. The van der Waals surface area contributed by atoms with Gasteiger partial charge in [-0.1, -0.05) is 13.3 Å². The van der Waals surface area contributed by atoms with Gasteiger partial charge in [0.05, 0.1) is 12.2 Å². The minimum Gasteiger partial charge on any atom is -0.481 e. The molecule has 1 saturated carbocycles. The summed E-state index contributed by atoms with van der Waals surface area (Å²) < 4.78 is 25.0. The van der Waals surface area contributed by atoms with E-state index in [0.29, 0.717) is 5.92 Å². The maximum absolute atomic E-state index is 11.3. The molecule has 0 bridgehead atoms. The highest BCUT2D eigenvalue weighted by Crippen LogP contribution is 2.33. The predicted octanol–water partition coefficient (Wildman–Crippen LogP) is 0.179. The molecule has 82 valence electrons. The van der Waals surface area contributed by atoms with Crippen molar-refractivity contribution in [2.45, 2.75) is 32.2 Å². The Balaban J connectivity index is 2.32. The first-order valence-electron chi connectivity index (χ1n) is 4.66. The second kappa shape index (κ2) is 4.27. The van der Waals surface area contributed by atoms with Gasteiger partial charge in [-0.25, -0.2) is 13.1 Å². The molecular formula is C8H15NO4S. The molecule has 0 radical (unpaired) electrons. The molecule has 0 aliphatic heterocycles. The van der Waals surface area contributed by atoms with Crippen LogP contribution in [-0.2, 0) is 14.8 Å². The molecule has 0 aromatic heterocycles. The summed E-state index contributed by atoms with van der Waals surface area (Å²) in [7, 11) is -3.39. The van der Waals surface area contributed by atoms with Crippen LogP contribution in [0.3, 0.4) is 0 Å². The molecule has 0 aromatic carbocycles. The maximum atomic E-state index is 11.3. The van der Waals surface area contributed by atoms with Crippen molar-refractivity contribution in [2.75, 3.05) is 5.75 Å². The number of aliphatic carboxylic acids is 1. The Labute approximate surface area is 83.6 Å². The van der Waals surface area contributed by atoms with Crippen molar-refractivity contribution >= 4 is 16.0 Å². The number of rotatable bonds is 6. The number of nitrogens with one attached hydrogen (secondary N) is 1. The summed E-state index contributed by atoms with van der Waals surface area (Å²) in [5, 5.41) is 8.33. The minimum atomic E-state index is -3.39. The highest BCUT2D eigenvalue weighted by Gasteiger charge is 2.38. The van der Waals surface area contributed by atoms with Gasteiger partial charge in [0.25, 0.3) is 0 Å². The van der Waals surface area contributed by atoms with Crippen molar-refractivity contribution in [1.29, 1.82) is 0 Å². The Morgan fingerprint density at radius 3 is 2.64 bits per heavy atom. The van der Waals surface area contributed by atoms with E-state index in [0.717, 1.165) is 12.8 Å². The zero-order valence-electron chi connectivity index (χ0n) is 8.06. The molecular weight excluding hydrogens is 206 g/mol. The van der Waals surface area contributed by atoms with Gasteiger partial charge in [0.2, 0.25) is 10.0 Å². The third kappa shape index (κ3) is 3.63. The quantitative estimate of drug-likeness (QED) is 0.670. The highest BCUT2D eigenvalue weighted by molar-refractivity contribution is 7.89. The van der Waals surface area contributed by atoms with Crippen molar-refractivity contribution < 1.29 is 18.3 Å². The Hall–Kier alpha value is -0.620. The van der Waals surface area contributed by atoms with E-state index < -0.39 is 16.0 Å². The summed E-state index contributed by atoms with van der Waals surface area (Å²) in [5.41, 5.74) is 0. The van der Waals surface area contributed by atoms with Crippen LogP contribution >= 0.6 is 0 Å². The summed E-state index contributed by atoms with van der Waals surface area (Å²) in [4.78, 5) is 10.2. The molecule has 1 fully saturated rings. The summed E-state index contributed by atoms with van der Waals surface area (Å²) in [6, 6.07) is 0.0406. The molecule has 1 aliphatic carbocycles. The standard InChI is InChI=1S/C8H15NO4S/c1-2-6-5-7(6)9-14(12,13)4-3-8(10)11/h6-7,9H,2-5H2,1H3,(H,10,11). The van der Waals surface area contributed by atoms with E-state index >= 15 is 0 Å². The van der Waals surface area contributed by atoms with E-state index in [1.807, 2.05) is 6.92 Å². The molecule has 6 heteroatoms. The van der Waals surface area contributed by atoms with Crippen LogP contribution in [0, 0.1) is 5.92 Å². The van der Waals surface area contributed by atoms with Crippen LogP contribution in [0.25, 0.3) is 0 Å². The first kappa shape index (κ1) is 11.5. The topological polar surface area (TPSA) is 83.5 Å². The van der Waals surface area contributed by atoms with E-state index in [9.17, 15) is 13.2 Å². The van der Waals surface area contributed by atoms with E-state index in [-0.39, 0.29) is 18.2 Å². The number of hydrogen-bond acceptors (Lipinski definition) is 3. The van der Waals surface area contributed by atoms with Gasteiger partial charge in [-0.3, -0.25) is 4.79 Å². The van der Waals surface area contributed by atoms with Gasteiger partial charge in [0.15, 0.2) is 0 Å². The molecule has 5 nitrogen and oxygen atoms in total. The predicted molar refractivity (Wildman–Crippen MR) is 51.4 cm³/mol. The lowest BCUT2D eigenvalue weighted by atomic mass is 10.3. The van der Waals surface area contributed by atoms with E-state index in [1.54, 1.807) is 0 Å². The van der Waals surface area contributed by atoms with Crippen molar-refractivity contribution in [2.24, 2.45) is 5.92 Å². The lowest BCUT2D eigenvalue weighted by molar-refractivity contribution is -0.136. The average molecular weight is 221 g/mol. The van der Waals surface area contributed by atoms with Gasteiger partial charge in [-0.15, -0.1) is 0 Å². The molecule has 2 atom stereocenters. The largest absolute Gasteiger partial charge is 0.481 e. The Morgan fingerprint density at radius 1 is 1.57 bits per heavy atom. The summed E-state index contributed by atoms with van der Waals surface area (Å²) in [6.07, 6.45) is 1.51. The molecule has 14 heavy (non-hydrogen) atoms. The van der Waals surface area contributed by atoms with Gasteiger partial charge < -0.3 is 5.11 Å². The normalized spacial score (nSPS) is 26.1. The van der Waals surface area contributed by atoms with Crippen molar-refractivity contribution in [3.05, 3.63) is 0 Å². The van der Waals surface area contributed by atoms with Crippen LogP contribution < -0.4 is 4.72 Å². The zero-order chi connectivity index (χ0) is 10.8. The Morgan fingerprint density at radius 2 is 2.21 bits per heavy atom. The summed E-state index contributed by atoms with van der Waals surface area (Å²) in [6.45, 7) is 2.01. The third-order valence-corrected chi connectivity index (χ3v) is 3.77. The van der Waals surface area contributed by atoms with Crippen LogP contribution in [0.15, 0.2) is 0 Å². The number of sulfonamides is 1. The Kier molecular flexibility index (Phi) is 3.49. The fraction of sp³-hybridized carbons (Fsp3) is 0.875. The molecule has 0 spiro atoms. The summed E-state index contributed by atoms with van der Waals surface area (Å²) >= 11 is 0. The Bertz CT molecular complexity index is 311. The zero-order valence-corrected chi connectivity index (χ0v) is 8.88. The van der Waals surface area contributed by atoms with Gasteiger partial charge in [-0.05, 0) is 12.3 Å². The minimum absolute atomic E-state index is 0.0406. The van der Waals surface area contributed by atoms with Gasteiger partial charge >= 0.3 is 5.97 Å². The maximum Gasteiger partial charge on any atom is 0.304 e. The third-order valence-electron chi connectivity index (χ3n) is 2.36. The molecule has 0 aromatic rings. The molecule has 1 aliphatic rings. The van der Waals surface area contributed by atoms with Gasteiger partial charge in [-0.2, -0.15) is 0 Å². The van der Waals surface area contributed by atoms with Gasteiger partial charge in [0.1, 0.15) is 0 Å². The fourth-order valence-corrected chi connectivity index (χ4v) is 2.67. The average Bonchev–Trinajstić information content (AvgIpc) is 2.79. The number of hydrogen-bond donors (Lipinski definition) is 2. The van der Waals surface area contributed by atoms with Gasteiger partial charge in [0, 0.05) is 6.04 Å². The van der Waals surface area contributed by atoms with E-state index in [2.05, 4.69) is 4.72 Å². The van der Waals surface area contributed by atoms with Crippen molar-refractivity contribution in [1.82, 2.24) is 4.72 Å². The molecule has 0 heterocycles. The fourth-order valence-electron chi connectivity index (χ4n) is 1.35. The van der Waals surface area contributed by atoms with Crippen LogP contribution in [0.2, 0.25) is 0 Å². The number of carboxylic acid groups (broad SMARTS) is 1. The first-order valence-corrected chi connectivity index (χ1v) is 6.31. The van der Waals surface area contributed by atoms with E-state index in [1.165, 1.54) is 0 Å². The highest BCUT2D eigenvalue weighted by atomic mass is 32.2. The van der Waals surface area contributed by atoms with E-state index in [4.69, 9.17) is 5.11 Å². The SMILES string of the molecule is CCC1CC1NS(=O)(=O)CCC(=O)O. The monoisotopic (exact) mass is 221 g/mol. The lowest BCUT2D eigenvalue weighted by Gasteiger charge is -2.03. The van der Waals surface area contributed by atoms with Crippen LogP contribution in [0.5, 0.6) is 0 Å². The molecule has 0 amide bonds.